The number of amides is 1. The molecule has 2 N–H and O–H groups in total. The first-order valence-corrected chi connectivity index (χ1v) is 11.8. The summed E-state index contributed by atoms with van der Waals surface area (Å²) in [5, 5.41) is 12.3. The summed E-state index contributed by atoms with van der Waals surface area (Å²) in [5.41, 5.74) is 5.68. The second-order valence-electron chi connectivity index (χ2n) is 8.95. The van der Waals surface area contributed by atoms with Crippen molar-refractivity contribution in [3.8, 4) is 0 Å². The zero-order chi connectivity index (χ0) is 23.0. The van der Waals surface area contributed by atoms with Crippen molar-refractivity contribution >= 4 is 17.7 Å². The van der Waals surface area contributed by atoms with Crippen LogP contribution in [0.15, 0.2) is 66.8 Å². The van der Waals surface area contributed by atoms with Gasteiger partial charge in [0.05, 0.1) is 5.69 Å². The molecule has 0 bridgehead atoms. The van der Waals surface area contributed by atoms with Crippen molar-refractivity contribution in [2.45, 2.75) is 45.1 Å². The highest BCUT2D eigenvalue weighted by Crippen LogP contribution is 2.48. The van der Waals surface area contributed by atoms with E-state index in [1.54, 1.807) is 4.90 Å². The molecule has 0 radical (unpaired) electrons. The summed E-state index contributed by atoms with van der Waals surface area (Å²) >= 11 is 0. The van der Waals surface area contributed by atoms with Crippen LogP contribution in [0.25, 0.3) is 6.08 Å². The van der Waals surface area contributed by atoms with E-state index in [2.05, 4.69) is 36.2 Å². The number of aliphatic hydroxyl groups is 1. The van der Waals surface area contributed by atoms with Crippen LogP contribution in [0.3, 0.4) is 0 Å². The van der Waals surface area contributed by atoms with Crippen LogP contribution in [0.1, 0.15) is 52.5 Å². The van der Waals surface area contributed by atoms with Gasteiger partial charge in [-0.05, 0) is 67.5 Å². The minimum Gasteiger partial charge on any atom is -0.372 e. The highest BCUT2D eigenvalue weighted by Gasteiger charge is 2.53. The maximum Gasteiger partial charge on any atom is 0.268 e. The monoisotopic (exact) mass is 438 g/mol. The Bertz CT molecular complexity index is 1250. The van der Waals surface area contributed by atoms with Crippen LogP contribution in [0.4, 0.5) is 5.69 Å². The number of nitrogens with zero attached hydrogens (tertiary/aromatic N) is 1. The van der Waals surface area contributed by atoms with Crippen LogP contribution >= 0.6 is 0 Å². The molecule has 1 amide bonds. The molecule has 0 saturated carbocycles. The molecule has 1 aliphatic carbocycles. The molecule has 4 nitrogen and oxygen atoms in total. The van der Waals surface area contributed by atoms with Crippen molar-refractivity contribution < 1.29 is 9.90 Å². The van der Waals surface area contributed by atoms with E-state index >= 15 is 0 Å². The van der Waals surface area contributed by atoms with Gasteiger partial charge in [-0.1, -0.05) is 61.5 Å². The van der Waals surface area contributed by atoms with Crippen molar-refractivity contribution in [2.75, 3.05) is 11.4 Å². The zero-order valence-electron chi connectivity index (χ0n) is 19.3. The predicted molar refractivity (Wildman–Crippen MR) is 133 cm³/mol. The Labute approximate surface area is 195 Å². The van der Waals surface area contributed by atoms with Gasteiger partial charge in [0, 0.05) is 29.1 Å². The fourth-order valence-corrected chi connectivity index (χ4v) is 5.24. The highest BCUT2D eigenvalue weighted by atomic mass is 16.3. The summed E-state index contributed by atoms with van der Waals surface area (Å²) < 4.78 is 0. The molecule has 1 atom stereocenters. The van der Waals surface area contributed by atoms with Crippen LogP contribution in [0.5, 0.6) is 0 Å². The van der Waals surface area contributed by atoms with E-state index in [-0.39, 0.29) is 5.91 Å². The maximum atomic E-state index is 14.0. The lowest BCUT2D eigenvalue weighted by molar-refractivity contribution is -0.132. The van der Waals surface area contributed by atoms with E-state index in [0.717, 1.165) is 59.4 Å². The minimum absolute atomic E-state index is 0.256. The molecule has 1 aliphatic heterocycles. The van der Waals surface area contributed by atoms with Crippen LogP contribution < -0.4 is 4.90 Å². The molecule has 3 aromatic rings. The quantitative estimate of drug-likeness (QED) is 0.573. The molecule has 2 heterocycles. The number of anilines is 1. The first-order valence-electron chi connectivity index (χ1n) is 11.8. The largest absolute Gasteiger partial charge is 0.372 e. The lowest BCUT2D eigenvalue weighted by atomic mass is 9.82. The number of hydrogen-bond donors (Lipinski definition) is 2. The average molecular weight is 439 g/mol. The number of carbonyl (C=O) groups is 1. The van der Waals surface area contributed by atoms with Gasteiger partial charge in [-0.3, -0.25) is 4.79 Å². The summed E-state index contributed by atoms with van der Waals surface area (Å²) in [7, 11) is 0. The molecular weight excluding hydrogens is 408 g/mol. The number of carbonyl (C=O) groups excluding carboxylic acids is 1. The molecule has 4 heteroatoms. The van der Waals surface area contributed by atoms with Gasteiger partial charge in [0.1, 0.15) is 0 Å². The van der Waals surface area contributed by atoms with Gasteiger partial charge in [-0.25, -0.2) is 0 Å². The Hall–Kier alpha value is -3.37. The molecule has 0 fully saturated rings. The van der Waals surface area contributed by atoms with Crippen molar-refractivity contribution in [3.05, 3.63) is 106 Å². The Kier molecular flexibility index (Phi) is 5.55. The molecule has 5 rings (SSSR count). The lowest BCUT2D eigenvalue weighted by Crippen LogP contribution is -2.42. The van der Waals surface area contributed by atoms with Gasteiger partial charge in [0.15, 0.2) is 5.60 Å². The van der Waals surface area contributed by atoms with Gasteiger partial charge in [0.2, 0.25) is 0 Å². The van der Waals surface area contributed by atoms with Crippen molar-refractivity contribution in [1.82, 2.24) is 4.98 Å². The summed E-state index contributed by atoms with van der Waals surface area (Å²) in [4.78, 5) is 19.2. The number of aromatic amines is 1. The number of fused-ring (bicyclic) bond motifs is 2. The summed E-state index contributed by atoms with van der Waals surface area (Å²) in [5.74, 6) is -0.256. The molecule has 33 heavy (non-hydrogen) atoms. The fraction of sp³-hybridized carbons (Fsp3) is 0.276. The molecule has 2 aliphatic rings. The summed E-state index contributed by atoms with van der Waals surface area (Å²) in [6.45, 7) is 4.58. The summed E-state index contributed by atoms with van der Waals surface area (Å²) in [6, 6.07) is 16.3. The SMILES string of the molecule is CCc1ccc2c(c1)C(O)(c1c(C)[nH]c3c1CC/C=C\C=C/3)C(=O)N2CCc1ccccc1. The number of aromatic nitrogens is 1. The maximum absolute atomic E-state index is 14.0. The third-order valence-corrected chi connectivity index (χ3v) is 6.93. The average Bonchev–Trinajstić information content (AvgIpc) is 3.23. The predicted octanol–water partition coefficient (Wildman–Crippen LogP) is 5.23. The number of nitrogens with one attached hydrogen (secondary N) is 1. The van der Waals surface area contributed by atoms with Crippen molar-refractivity contribution in [2.24, 2.45) is 0 Å². The van der Waals surface area contributed by atoms with E-state index < -0.39 is 5.60 Å². The minimum atomic E-state index is -1.69. The Morgan fingerprint density at radius 2 is 1.91 bits per heavy atom. The van der Waals surface area contributed by atoms with E-state index in [1.165, 1.54) is 5.56 Å². The first kappa shape index (κ1) is 21.5. The van der Waals surface area contributed by atoms with Crippen LogP contribution in [-0.4, -0.2) is 22.5 Å². The van der Waals surface area contributed by atoms with Gasteiger partial charge >= 0.3 is 0 Å². The number of rotatable bonds is 5. The fourth-order valence-electron chi connectivity index (χ4n) is 5.24. The number of aryl methyl sites for hydroxylation is 2. The third-order valence-electron chi connectivity index (χ3n) is 6.93. The van der Waals surface area contributed by atoms with Crippen molar-refractivity contribution in [3.63, 3.8) is 0 Å². The van der Waals surface area contributed by atoms with Gasteiger partial charge < -0.3 is 15.0 Å². The molecule has 1 aromatic heterocycles. The Balaban J connectivity index is 1.63. The van der Waals surface area contributed by atoms with E-state index in [1.807, 2.05) is 55.5 Å². The summed E-state index contributed by atoms with van der Waals surface area (Å²) in [6.07, 6.45) is 11.4. The molecule has 0 saturated heterocycles. The van der Waals surface area contributed by atoms with Gasteiger partial charge in [-0.15, -0.1) is 0 Å². The smallest absolute Gasteiger partial charge is 0.268 e. The topological polar surface area (TPSA) is 56.3 Å². The highest BCUT2D eigenvalue weighted by molar-refractivity contribution is 6.09. The second-order valence-corrected chi connectivity index (χ2v) is 8.95. The van der Waals surface area contributed by atoms with E-state index in [0.29, 0.717) is 12.1 Å². The second kappa shape index (κ2) is 8.53. The number of allylic oxidation sites excluding steroid dienone is 3. The standard InChI is InChI=1S/C29H30N2O2/c1-3-21-15-16-26-24(19-21)29(33,28(32)31(26)18-17-22-11-7-6-8-12-22)27-20(2)30-25-14-10-5-4-9-13-23(25)27/h4-8,10-12,14-16,19,30,33H,3,9,13,17-18H2,1-2H3/b5-4-,14-10-. The molecular formula is C29H30N2O2. The normalized spacial score (nSPS) is 21.3. The van der Waals surface area contributed by atoms with Gasteiger partial charge in [-0.2, -0.15) is 0 Å². The zero-order valence-corrected chi connectivity index (χ0v) is 19.3. The molecule has 168 valence electrons. The number of H-pyrrole nitrogens is 1. The Morgan fingerprint density at radius 1 is 1.09 bits per heavy atom. The van der Waals surface area contributed by atoms with Crippen molar-refractivity contribution in [1.29, 1.82) is 0 Å². The molecule has 0 spiro atoms. The van der Waals surface area contributed by atoms with E-state index in [9.17, 15) is 9.90 Å². The van der Waals surface area contributed by atoms with Gasteiger partial charge in [0.25, 0.3) is 5.91 Å². The van der Waals surface area contributed by atoms with E-state index in [4.69, 9.17) is 0 Å². The molecule has 2 aromatic carbocycles. The molecule has 1 unspecified atom stereocenters. The van der Waals surface area contributed by atoms with Crippen LogP contribution in [-0.2, 0) is 29.7 Å². The number of benzene rings is 2. The van der Waals surface area contributed by atoms with Crippen LogP contribution in [0, 0.1) is 6.92 Å². The first-order chi connectivity index (χ1) is 16.0. The lowest BCUT2D eigenvalue weighted by Gasteiger charge is -2.25. The Morgan fingerprint density at radius 3 is 2.70 bits per heavy atom. The van der Waals surface area contributed by atoms with Crippen LogP contribution in [0.2, 0.25) is 0 Å². The third kappa shape index (κ3) is 3.55. The number of hydrogen-bond acceptors (Lipinski definition) is 2.